The lowest BCUT2D eigenvalue weighted by atomic mass is 10.2. The van der Waals surface area contributed by atoms with E-state index in [0.29, 0.717) is 11.0 Å². The van der Waals surface area contributed by atoms with Gasteiger partial charge < -0.3 is 10.4 Å². The molecule has 18 heavy (non-hydrogen) atoms. The largest absolute Gasteiger partial charge is 0.506 e. The number of halogens is 3. The predicted molar refractivity (Wildman–Crippen MR) is 82.3 cm³/mol. The number of phenolic OH excluding ortho intramolecular Hbond substituents is 1. The Morgan fingerprint density at radius 2 is 2.06 bits per heavy atom. The van der Waals surface area contributed by atoms with E-state index in [-0.39, 0.29) is 11.6 Å². The third-order valence-corrected chi connectivity index (χ3v) is 4.00. The summed E-state index contributed by atoms with van der Waals surface area (Å²) < 4.78 is 14.4. The molecule has 0 aliphatic heterocycles. The van der Waals surface area contributed by atoms with Crippen LogP contribution in [0.1, 0.15) is 5.56 Å². The number of hydrogen-bond acceptors (Lipinski definition) is 2. The monoisotopic (exact) mass is 421 g/mol. The predicted octanol–water partition coefficient (Wildman–Crippen LogP) is 4.51. The zero-order valence-corrected chi connectivity index (χ0v) is 13.0. The Kier molecular flexibility index (Phi) is 4.45. The Balaban J connectivity index is 2.14. The van der Waals surface area contributed by atoms with Crippen LogP contribution in [-0.2, 0) is 6.54 Å². The van der Waals surface area contributed by atoms with Crippen molar-refractivity contribution < 1.29 is 9.50 Å². The van der Waals surface area contributed by atoms with Gasteiger partial charge in [0, 0.05) is 21.4 Å². The summed E-state index contributed by atoms with van der Waals surface area (Å²) in [5.74, 6) is -0.0302. The minimum atomic E-state index is -0.254. The van der Waals surface area contributed by atoms with Crippen LogP contribution >= 0.6 is 38.5 Å². The van der Waals surface area contributed by atoms with Gasteiger partial charge in [-0.05, 0) is 62.8 Å². The highest BCUT2D eigenvalue weighted by Gasteiger charge is 2.06. The molecule has 0 spiro atoms. The van der Waals surface area contributed by atoms with Crippen molar-refractivity contribution in [1.29, 1.82) is 0 Å². The van der Waals surface area contributed by atoms with E-state index in [2.05, 4.69) is 43.8 Å². The van der Waals surface area contributed by atoms with E-state index in [0.717, 1.165) is 14.8 Å². The Hall–Kier alpha value is -0.820. The molecule has 2 nitrogen and oxygen atoms in total. The minimum absolute atomic E-state index is 0.224. The summed E-state index contributed by atoms with van der Waals surface area (Å²) in [6, 6.07) is 10.0. The van der Waals surface area contributed by atoms with E-state index in [9.17, 15) is 9.50 Å². The SMILES string of the molecule is Oc1c(Br)cccc1CNc1ccc(F)cc1I. The molecule has 2 rings (SSSR count). The molecule has 0 saturated carbocycles. The van der Waals surface area contributed by atoms with Crippen LogP contribution < -0.4 is 5.32 Å². The second-order valence-electron chi connectivity index (χ2n) is 3.73. The molecule has 0 radical (unpaired) electrons. The van der Waals surface area contributed by atoms with Gasteiger partial charge in [0.15, 0.2) is 0 Å². The van der Waals surface area contributed by atoms with Crippen LogP contribution in [0, 0.1) is 9.39 Å². The highest BCUT2D eigenvalue weighted by atomic mass is 127. The summed E-state index contributed by atoms with van der Waals surface area (Å²) in [6.45, 7) is 0.479. The summed E-state index contributed by atoms with van der Waals surface area (Å²) in [5, 5.41) is 13.0. The highest BCUT2D eigenvalue weighted by Crippen LogP contribution is 2.28. The van der Waals surface area contributed by atoms with Crippen LogP contribution in [0.5, 0.6) is 5.75 Å². The maximum Gasteiger partial charge on any atom is 0.134 e. The molecule has 0 amide bonds. The molecule has 2 aromatic rings. The third-order valence-electron chi connectivity index (χ3n) is 2.47. The molecule has 0 saturated heterocycles. The van der Waals surface area contributed by atoms with Crippen molar-refractivity contribution in [2.45, 2.75) is 6.54 Å². The fourth-order valence-electron chi connectivity index (χ4n) is 1.53. The second-order valence-corrected chi connectivity index (χ2v) is 5.74. The fraction of sp³-hybridized carbons (Fsp3) is 0.0769. The normalized spacial score (nSPS) is 10.4. The Morgan fingerprint density at radius 3 is 2.78 bits per heavy atom. The summed E-state index contributed by atoms with van der Waals surface area (Å²) in [5.41, 5.74) is 1.63. The molecule has 5 heteroatoms. The first-order valence-electron chi connectivity index (χ1n) is 5.23. The molecule has 2 N–H and O–H groups in total. The first-order chi connectivity index (χ1) is 8.58. The Morgan fingerprint density at radius 1 is 1.28 bits per heavy atom. The Labute approximate surface area is 126 Å². The number of aromatic hydroxyl groups is 1. The molecular weight excluding hydrogens is 412 g/mol. The zero-order chi connectivity index (χ0) is 13.1. The molecular formula is C13H10BrFINO. The van der Waals surface area contributed by atoms with Crippen molar-refractivity contribution in [1.82, 2.24) is 0 Å². The number of phenols is 1. The van der Waals surface area contributed by atoms with Crippen LogP contribution in [0.3, 0.4) is 0 Å². The number of benzene rings is 2. The smallest absolute Gasteiger partial charge is 0.134 e. The van der Waals surface area contributed by atoms with Gasteiger partial charge in [0.05, 0.1) is 4.47 Å². The van der Waals surface area contributed by atoms with Crippen LogP contribution in [0.15, 0.2) is 40.9 Å². The van der Waals surface area contributed by atoms with Crippen molar-refractivity contribution >= 4 is 44.2 Å². The highest BCUT2D eigenvalue weighted by molar-refractivity contribution is 14.1. The van der Waals surface area contributed by atoms with Gasteiger partial charge in [-0.1, -0.05) is 12.1 Å². The lowest BCUT2D eigenvalue weighted by molar-refractivity contribution is 0.465. The van der Waals surface area contributed by atoms with Gasteiger partial charge in [-0.15, -0.1) is 0 Å². The second kappa shape index (κ2) is 5.88. The molecule has 0 atom stereocenters. The molecule has 0 aliphatic carbocycles. The molecule has 94 valence electrons. The number of hydrogen-bond donors (Lipinski definition) is 2. The average Bonchev–Trinajstić information content (AvgIpc) is 2.33. The van der Waals surface area contributed by atoms with Gasteiger partial charge in [-0.2, -0.15) is 0 Å². The van der Waals surface area contributed by atoms with E-state index < -0.39 is 0 Å². The van der Waals surface area contributed by atoms with E-state index in [1.54, 1.807) is 12.1 Å². The molecule has 0 unspecified atom stereocenters. The topological polar surface area (TPSA) is 32.3 Å². The van der Waals surface area contributed by atoms with Crippen LogP contribution in [0.4, 0.5) is 10.1 Å². The number of rotatable bonds is 3. The maximum atomic E-state index is 12.9. The molecule has 0 fully saturated rings. The van der Waals surface area contributed by atoms with E-state index in [1.165, 1.54) is 12.1 Å². The summed E-state index contributed by atoms with van der Waals surface area (Å²) in [7, 11) is 0. The lowest BCUT2D eigenvalue weighted by Crippen LogP contribution is -2.01. The number of nitrogens with one attached hydrogen (secondary N) is 1. The van der Waals surface area contributed by atoms with Crippen LogP contribution in [0.2, 0.25) is 0 Å². The average molecular weight is 422 g/mol. The zero-order valence-electron chi connectivity index (χ0n) is 9.25. The van der Waals surface area contributed by atoms with Gasteiger partial charge in [0.2, 0.25) is 0 Å². The molecule has 0 heterocycles. The quantitative estimate of drug-likeness (QED) is 0.714. The summed E-state index contributed by atoms with van der Waals surface area (Å²) in [4.78, 5) is 0. The van der Waals surface area contributed by atoms with E-state index in [4.69, 9.17) is 0 Å². The Bertz CT molecular complexity index is 577. The van der Waals surface area contributed by atoms with Crippen LogP contribution in [-0.4, -0.2) is 5.11 Å². The fourth-order valence-corrected chi connectivity index (χ4v) is 2.60. The maximum absolute atomic E-state index is 12.9. The molecule has 0 bridgehead atoms. The van der Waals surface area contributed by atoms with Crippen molar-refractivity contribution in [3.63, 3.8) is 0 Å². The molecule has 0 aromatic heterocycles. The number of anilines is 1. The van der Waals surface area contributed by atoms with E-state index >= 15 is 0 Å². The van der Waals surface area contributed by atoms with Gasteiger partial charge in [-0.3, -0.25) is 0 Å². The molecule has 2 aromatic carbocycles. The first kappa shape index (κ1) is 13.6. The molecule has 0 aliphatic rings. The summed E-state index contributed by atoms with van der Waals surface area (Å²) in [6.07, 6.45) is 0. The van der Waals surface area contributed by atoms with Crippen molar-refractivity contribution in [3.8, 4) is 5.75 Å². The first-order valence-corrected chi connectivity index (χ1v) is 7.10. The van der Waals surface area contributed by atoms with Crippen molar-refractivity contribution in [2.24, 2.45) is 0 Å². The third kappa shape index (κ3) is 3.14. The van der Waals surface area contributed by atoms with Gasteiger partial charge >= 0.3 is 0 Å². The van der Waals surface area contributed by atoms with Crippen LogP contribution in [0.25, 0.3) is 0 Å². The van der Waals surface area contributed by atoms with Gasteiger partial charge in [0.25, 0.3) is 0 Å². The van der Waals surface area contributed by atoms with Crippen molar-refractivity contribution in [2.75, 3.05) is 5.32 Å². The number of para-hydroxylation sites is 1. The summed E-state index contributed by atoms with van der Waals surface area (Å²) >= 11 is 5.34. The van der Waals surface area contributed by atoms with E-state index in [1.807, 2.05) is 12.1 Å². The standard InChI is InChI=1S/C13H10BrFINO/c14-10-3-1-2-8(13(10)18)7-17-12-5-4-9(15)6-11(12)16/h1-6,17-18H,7H2. The lowest BCUT2D eigenvalue weighted by Gasteiger charge is -2.10. The minimum Gasteiger partial charge on any atom is -0.506 e. The van der Waals surface area contributed by atoms with Crippen molar-refractivity contribution in [3.05, 3.63) is 55.8 Å². The van der Waals surface area contributed by atoms with Gasteiger partial charge in [0.1, 0.15) is 11.6 Å². The van der Waals surface area contributed by atoms with Gasteiger partial charge in [-0.25, -0.2) is 4.39 Å².